The van der Waals surface area contributed by atoms with Crippen molar-refractivity contribution in [1.82, 2.24) is 4.98 Å². The first-order valence-electron chi connectivity index (χ1n) is 3.98. The van der Waals surface area contributed by atoms with Crippen LogP contribution in [0.3, 0.4) is 0 Å². The third-order valence-electron chi connectivity index (χ3n) is 2.42. The Morgan fingerprint density at radius 1 is 1.33 bits per heavy atom. The van der Waals surface area contributed by atoms with E-state index < -0.39 is 14.1 Å². The fourth-order valence-corrected chi connectivity index (χ4v) is 1.57. The van der Waals surface area contributed by atoms with Gasteiger partial charge in [0.2, 0.25) is 6.29 Å². The number of hydrogen-bond acceptors (Lipinski definition) is 2. The summed E-state index contributed by atoms with van der Waals surface area (Å²) in [4.78, 5) is 23.7. The predicted octanol–water partition coefficient (Wildman–Crippen LogP) is 1.31. The highest BCUT2D eigenvalue weighted by atomic mass is 28.3. The second-order valence-corrected chi connectivity index (χ2v) is 9.48. The molecule has 0 aliphatic heterocycles. The zero-order chi connectivity index (χ0) is 9.99. The Morgan fingerprint density at radius 3 is 2.00 bits per heavy atom. The molecule has 0 rings (SSSR count). The van der Waals surface area contributed by atoms with Crippen molar-refractivity contribution in [3.8, 4) is 0 Å². The van der Waals surface area contributed by atoms with Crippen LogP contribution in [0.1, 0.15) is 20.8 Å². The summed E-state index contributed by atoms with van der Waals surface area (Å²) in [5, 5.41) is 0.0751. The molecular formula is C8H17NO2Si. The maximum Gasteiger partial charge on any atom is 0.276 e. The second kappa shape index (κ2) is 3.39. The zero-order valence-corrected chi connectivity index (χ0v) is 9.39. The average Bonchev–Trinajstić information content (AvgIpc) is 1.84. The summed E-state index contributed by atoms with van der Waals surface area (Å²) in [7, 11) is -1.82. The number of rotatable bonds is 2. The normalized spacial score (nSPS) is 12.4. The minimum Gasteiger partial charge on any atom is -0.375 e. The number of aldehydes is 1. The van der Waals surface area contributed by atoms with Crippen LogP contribution in [-0.4, -0.2) is 20.4 Å². The van der Waals surface area contributed by atoms with Crippen molar-refractivity contribution in [2.24, 2.45) is 0 Å². The van der Waals surface area contributed by atoms with E-state index in [0.717, 1.165) is 0 Å². The fourth-order valence-electron chi connectivity index (χ4n) is 0.525. The molecule has 0 unspecified atom stereocenters. The van der Waals surface area contributed by atoms with Gasteiger partial charge in [-0.2, -0.15) is 0 Å². The monoisotopic (exact) mass is 187 g/mol. The van der Waals surface area contributed by atoms with E-state index in [2.05, 4.69) is 25.8 Å². The number of carbonyl (C=O) groups excluding carboxylic acids is 2. The van der Waals surface area contributed by atoms with Crippen LogP contribution in [0.25, 0.3) is 0 Å². The van der Waals surface area contributed by atoms with Crippen molar-refractivity contribution in [3.63, 3.8) is 0 Å². The zero-order valence-electron chi connectivity index (χ0n) is 8.39. The van der Waals surface area contributed by atoms with Crippen molar-refractivity contribution < 1.29 is 9.59 Å². The lowest BCUT2D eigenvalue weighted by molar-refractivity contribution is -0.130. The topological polar surface area (TPSA) is 46.2 Å². The summed E-state index contributed by atoms with van der Waals surface area (Å²) in [5.74, 6) is -0.499. The predicted molar refractivity (Wildman–Crippen MR) is 51.4 cm³/mol. The van der Waals surface area contributed by atoms with Gasteiger partial charge in [0, 0.05) is 0 Å². The molecule has 0 aliphatic carbocycles. The van der Waals surface area contributed by atoms with Gasteiger partial charge in [-0.15, -0.1) is 0 Å². The Balaban J connectivity index is 4.43. The number of hydrogen-bond donors (Lipinski definition) is 1. The standard InChI is InChI=1S/C8H17NO2Si/c1-8(2,3)12(4,5)9-7(11)6-10/h6H,1-5H3,(H,9,11). The molecule has 0 aliphatic rings. The second-order valence-electron chi connectivity index (χ2n) is 4.48. The van der Waals surface area contributed by atoms with Crippen LogP contribution in [0.15, 0.2) is 0 Å². The van der Waals surface area contributed by atoms with Crippen molar-refractivity contribution in [1.29, 1.82) is 0 Å². The molecule has 0 bridgehead atoms. The van der Waals surface area contributed by atoms with Crippen LogP contribution in [0.2, 0.25) is 18.1 Å². The van der Waals surface area contributed by atoms with Gasteiger partial charge in [0.05, 0.1) is 0 Å². The van der Waals surface area contributed by atoms with E-state index in [1.165, 1.54) is 0 Å². The molecule has 3 nitrogen and oxygen atoms in total. The highest BCUT2D eigenvalue weighted by Gasteiger charge is 2.36. The first kappa shape index (κ1) is 11.4. The summed E-state index contributed by atoms with van der Waals surface area (Å²) in [6, 6.07) is 0. The Bertz CT molecular complexity index is 194. The van der Waals surface area contributed by atoms with Crippen LogP contribution in [-0.2, 0) is 9.59 Å². The molecule has 0 radical (unpaired) electrons. The number of carbonyl (C=O) groups is 2. The maximum atomic E-state index is 10.8. The van der Waals surface area contributed by atoms with Crippen LogP contribution >= 0.6 is 0 Å². The van der Waals surface area contributed by atoms with Gasteiger partial charge >= 0.3 is 0 Å². The quantitative estimate of drug-likeness (QED) is 0.402. The minimum absolute atomic E-state index is 0.0751. The highest BCUT2D eigenvalue weighted by Crippen LogP contribution is 2.33. The van der Waals surface area contributed by atoms with Gasteiger partial charge in [0.1, 0.15) is 0 Å². The average molecular weight is 187 g/mol. The van der Waals surface area contributed by atoms with Crippen molar-refractivity contribution >= 4 is 20.4 Å². The third kappa shape index (κ3) is 2.77. The fraction of sp³-hybridized carbons (Fsp3) is 0.750. The van der Waals surface area contributed by atoms with Crippen molar-refractivity contribution in [2.45, 2.75) is 38.9 Å². The number of amides is 1. The summed E-state index contributed by atoms with van der Waals surface area (Å²) >= 11 is 0. The summed E-state index contributed by atoms with van der Waals surface area (Å²) in [5.41, 5.74) is 0. The number of nitrogens with one attached hydrogen (secondary N) is 1. The molecule has 0 aromatic rings. The lowest BCUT2D eigenvalue weighted by Gasteiger charge is -2.36. The van der Waals surface area contributed by atoms with E-state index in [0.29, 0.717) is 6.29 Å². The Hall–Kier alpha value is -0.643. The molecule has 4 heteroatoms. The van der Waals surface area contributed by atoms with Gasteiger partial charge in [-0.25, -0.2) is 0 Å². The lowest BCUT2D eigenvalue weighted by atomic mass is 10.2. The first-order valence-corrected chi connectivity index (χ1v) is 6.98. The van der Waals surface area contributed by atoms with Crippen LogP contribution in [0.5, 0.6) is 0 Å². The molecule has 0 aromatic carbocycles. The van der Waals surface area contributed by atoms with Crippen LogP contribution in [0.4, 0.5) is 0 Å². The van der Waals surface area contributed by atoms with E-state index in [9.17, 15) is 9.59 Å². The largest absolute Gasteiger partial charge is 0.375 e. The maximum absolute atomic E-state index is 10.8. The van der Waals surface area contributed by atoms with E-state index in [-0.39, 0.29) is 5.04 Å². The molecular weight excluding hydrogens is 170 g/mol. The molecule has 0 heterocycles. The summed E-state index contributed by atoms with van der Waals surface area (Å²) in [6.07, 6.45) is 0.334. The van der Waals surface area contributed by atoms with Gasteiger partial charge in [-0.3, -0.25) is 9.59 Å². The molecule has 0 spiro atoms. The van der Waals surface area contributed by atoms with E-state index in [1.54, 1.807) is 0 Å². The van der Waals surface area contributed by atoms with Gasteiger partial charge in [-0.05, 0) is 5.04 Å². The summed E-state index contributed by atoms with van der Waals surface area (Å²) in [6.45, 7) is 10.3. The molecule has 1 N–H and O–H groups in total. The van der Waals surface area contributed by atoms with E-state index in [4.69, 9.17) is 0 Å². The van der Waals surface area contributed by atoms with Gasteiger partial charge in [0.25, 0.3) is 5.91 Å². The Labute approximate surface area is 74.6 Å². The smallest absolute Gasteiger partial charge is 0.276 e. The van der Waals surface area contributed by atoms with Gasteiger partial charge in [0.15, 0.2) is 8.24 Å². The molecule has 0 atom stereocenters. The molecule has 0 aromatic heterocycles. The summed E-state index contributed by atoms with van der Waals surface area (Å²) < 4.78 is 0. The van der Waals surface area contributed by atoms with Gasteiger partial charge < -0.3 is 4.98 Å². The van der Waals surface area contributed by atoms with E-state index in [1.807, 2.05) is 13.1 Å². The third-order valence-corrected chi connectivity index (χ3v) is 7.04. The molecule has 0 saturated carbocycles. The van der Waals surface area contributed by atoms with Crippen LogP contribution < -0.4 is 4.98 Å². The highest BCUT2D eigenvalue weighted by molar-refractivity contribution is 6.80. The Morgan fingerprint density at radius 2 is 1.75 bits per heavy atom. The molecule has 12 heavy (non-hydrogen) atoms. The molecule has 1 amide bonds. The van der Waals surface area contributed by atoms with Crippen molar-refractivity contribution in [3.05, 3.63) is 0 Å². The lowest BCUT2D eigenvalue weighted by Crippen LogP contribution is -2.54. The molecule has 0 fully saturated rings. The van der Waals surface area contributed by atoms with Gasteiger partial charge in [-0.1, -0.05) is 33.9 Å². The SMILES string of the molecule is CC(C)(C)[Si](C)(C)NC(=O)C=O. The molecule has 70 valence electrons. The minimum atomic E-state index is -1.82. The van der Waals surface area contributed by atoms with Crippen molar-refractivity contribution in [2.75, 3.05) is 0 Å². The Kier molecular flexibility index (Phi) is 3.21. The van der Waals surface area contributed by atoms with Crippen LogP contribution in [0, 0.1) is 0 Å². The first-order chi connectivity index (χ1) is 5.20. The molecule has 0 saturated heterocycles. The van der Waals surface area contributed by atoms with E-state index >= 15 is 0 Å².